The van der Waals surface area contributed by atoms with E-state index >= 15 is 0 Å². The number of hydrogen-bond acceptors (Lipinski definition) is 6. The lowest BCUT2D eigenvalue weighted by Crippen LogP contribution is -2.20. The first-order valence-corrected chi connectivity index (χ1v) is 36.6. The molecule has 0 N–H and O–H groups in total. The molecule has 0 radical (unpaired) electrons. The maximum atomic E-state index is 6.15. The minimum Gasteiger partial charge on any atom is -0.480 e. The Balaban J connectivity index is 0.000000332. The van der Waals surface area contributed by atoms with Crippen molar-refractivity contribution in [3.8, 4) is 34.5 Å². The fourth-order valence-corrected chi connectivity index (χ4v) is 11.1. The van der Waals surface area contributed by atoms with E-state index in [0.29, 0.717) is 0 Å². The summed E-state index contributed by atoms with van der Waals surface area (Å²) in [5, 5.41) is 0. The lowest BCUT2D eigenvalue weighted by Gasteiger charge is -2.30. The number of hydrogen-bond donors (Lipinski definition) is 0. The Morgan fingerprint density at radius 2 is 0.451 bits per heavy atom. The molecule has 0 saturated heterocycles. The van der Waals surface area contributed by atoms with E-state index in [1.165, 1.54) is 50.1 Å². The quantitative estimate of drug-likeness (QED) is 0.0456. The van der Waals surface area contributed by atoms with E-state index in [1.807, 2.05) is 36.4 Å². The topological polar surface area (TPSA) is 55.4 Å². The number of rotatable bonds is 28. The van der Waals surface area contributed by atoms with Gasteiger partial charge in [0.2, 0.25) is 0 Å². The van der Waals surface area contributed by atoms with Crippen molar-refractivity contribution in [1.82, 2.24) is 0 Å². The van der Waals surface area contributed by atoms with E-state index in [2.05, 4.69) is 297 Å². The second-order valence-corrected chi connectivity index (χ2v) is 32.3. The maximum Gasteiger partial charge on any atom is 0.275 e. The highest BCUT2D eigenvalue weighted by Gasteiger charge is 2.30. The fourth-order valence-electron chi connectivity index (χ4n) is 9.68. The third kappa shape index (κ3) is 23.0. The Morgan fingerprint density at radius 1 is 0.242 bits per heavy atom. The SMILES string of the molecule is CCC(C)(C)c1ccc(OP)c(C(C)(C)CC)c1.CCC(C)(C)c1ccc(OP)cc1.CCC(C)(C)c1ccc(OPOc2ccc(C(C)(C)CC)cc2C(C)(C)CC)cc1.CCC(C)(C)c1ccc(OPOc2ccc(C(C)(C)CC)cc2C(C)(C)CC)cc1. The van der Waals surface area contributed by atoms with Crippen LogP contribution >= 0.6 is 37.0 Å². The molecule has 0 aliphatic carbocycles. The van der Waals surface area contributed by atoms with Gasteiger partial charge in [-0.05, 0) is 195 Å². The molecule has 6 rings (SSSR count). The van der Waals surface area contributed by atoms with Gasteiger partial charge in [-0.2, -0.15) is 0 Å². The smallest absolute Gasteiger partial charge is 0.275 e. The van der Waals surface area contributed by atoms with Gasteiger partial charge in [0.05, 0.1) is 18.9 Å². The van der Waals surface area contributed by atoms with Crippen molar-refractivity contribution >= 4 is 37.0 Å². The molecule has 91 heavy (non-hydrogen) atoms. The van der Waals surface area contributed by atoms with Crippen LogP contribution in [0.4, 0.5) is 0 Å². The molecule has 0 fully saturated rings. The average Bonchev–Trinajstić information content (AvgIpc) is 0.931. The van der Waals surface area contributed by atoms with Gasteiger partial charge in [0.15, 0.2) is 0 Å². The highest BCUT2D eigenvalue weighted by atomic mass is 31.1. The van der Waals surface area contributed by atoms with Crippen LogP contribution in [0.3, 0.4) is 0 Å². The van der Waals surface area contributed by atoms with Crippen molar-refractivity contribution in [2.45, 2.75) is 293 Å². The number of benzene rings is 6. The predicted octanol–water partition coefficient (Wildman–Crippen LogP) is 26.2. The van der Waals surface area contributed by atoms with Crippen LogP contribution in [-0.2, 0) is 48.7 Å². The minimum atomic E-state index is -0.0686. The van der Waals surface area contributed by atoms with Gasteiger partial charge in [0.25, 0.3) is 18.1 Å². The maximum absolute atomic E-state index is 6.15. The van der Waals surface area contributed by atoms with E-state index in [0.717, 1.165) is 92.3 Å². The monoisotopic (exact) mass is 1320 g/mol. The molecule has 10 heteroatoms. The van der Waals surface area contributed by atoms with E-state index < -0.39 is 0 Å². The van der Waals surface area contributed by atoms with Crippen LogP contribution in [0.2, 0.25) is 0 Å². The summed E-state index contributed by atoms with van der Waals surface area (Å²) in [6, 6.07) is 45.1. The third-order valence-electron chi connectivity index (χ3n) is 21.2. The molecular weight excluding hydrogens is 1190 g/mol. The molecule has 4 unspecified atom stereocenters. The first kappa shape index (κ1) is 81.1. The second-order valence-electron chi connectivity index (χ2n) is 30.7. The molecule has 0 heterocycles. The fraction of sp³-hybridized carbons (Fsp3) is 0.556. The first-order valence-electron chi connectivity index (χ1n) is 34.0. The lowest BCUT2D eigenvalue weighted by molar-refractivity contribution is 0.457. The Bertz CT molecular complexity index is 2970. The van der Waals surface area contributed by atoms with Gasteiger partial charge in [-0.25, -0.2) is 0 Å². The van der Waals surface area contributed by atoms with Crippen molar-refractivity contribution in [3.63, 3.8) is 0 Å². The third-order valence-corrected chi connectivity index (χ3v) is 23.0. The summed E-state index contributed by atoms with van der Waals surface area (Å²) in [7, 11) is 4.48. The van der Waals surface area contributed by atoms with Crippen molar-refractivity contribution in [2.24, 2.45) is 0 Å². The summed E-state index contributed by atoms with van der Waals surface area (Å²) in [6.45, 7) is 61.2. The largest absolute Gasteiger partial charge is 0.480 e. The molecular formula is C81H126O6P4. The summed E-state index contributed by atoms with van der Waals surface area (Å²) in [5.74, 6) is 5.43. The van der Waals surface area contributed by atoms with E-state index in [4.69, 9.17) is 27.1 Å². The van der Waals surface area contributed by atoms with Gasteiger partial charge < -0.3 is 27.1 Å². The average molecular weight is 1320 g/mol. The molecule has 0 spiro atoms. The molecule has 0 aromatic heterocycles. The zero-order chi connectivity index (χ0) is 69.0. The van der Waals surface area contributed by atoms with Crippen LogP contribution in [0.25, 0.3) is 0 Å². The van der Waals surface area contributed by atoms with Gasteiger partial charge in [-0.15, -0.1) is 0 Å². The molecule has 506 valence electrons. The highest BCUT2D eigenvalue weighted by molar-refractivity contribution is 7.27. The molecule has 0 aliphatic rings. The van der Waals surface area contributed by atoms with Gasteiger partial charge in [0.1, 0.15) is 34.5 Å². The molecule has 0 saturated carbocycles. The van der Waals surface area contributed by atoms with Gasteiger partial charge in [-0.3, -0.25) is 0 Å². The van der Waals surface area contributed by atoms with Crippen LogP contribution < -0.4 is 27.1 Å². The zero-order valence-electron chi connectivity index (χ0n) is 62.1. The lowest BCUT2D eigenvalue weighted by atomic mass is 9.76. The van der Waals surface area contributed by atoms with Crippen molar-refractivity contribution in [3.05, 3.63) is 177 Å². The van der Waals surface area contributed by atoms with Gasteiger partial charge in [-0.1, -0.05) is 260 Å². The standard InChI is InChI=1S/2C27H41O2P.C16H27OP.C11H17OP/c2*1-10-25(4,5)20-13-16-22(17-14-20)28-30-29-24-18-15-21(26(6,7)11-2)19-23(24)27(8,9)12-3;1-7-15(3,4)12-9-10-14(17-18)13(11-12)16(5,6)8-2;1-4-11(2,3)9-5-7-10(12-13)8-6-9/h2*13-19,30H,10-12H2,1-9H3;9-11H,7-8,18H2,1-6H3;5-8H,4,13H2,1-3H3. The van der Waals surface area contributed by atoms with E-state index in [-0.39, 0.29) is 66.8 Å². The minimum absolute atomic E-state index is 0.0486. The van der Waals surface area contributed by atoms with E-state index in [9.17, 15) is 0 Å². The van der Waals surface area contributed by atoms with Crippen LogP contribution in [0, 0.1) is 0 Å². The molecule has 0 aliphatic heterocycles. The van der Waals surface area contributed by atoms with Crippen molar-refractivity contribution in [1.29, 1.82) is 0 Å². The Hall–Kier alpha value is -4.16. The predicted molar refractivity (Wildman–Crippen MR) is 408 cm³/mol. The summed E-state index contributed by atoms with van der Waals surface area (Å²) in [4.78, 5) is 0. The van der Waals surface area contributed by atoms with Crippen molar-refractivity contribution in [2.75, 3.05) is 0 Å². The normalized spacial score (nSPS) is 12.8. The van der Waals surface area contributed by atoms with Crippen LogP contribution in [-0.4, -0.2) is 0 Å². The summed E-state index contributed by atoms with van der Waals surface area (Å²) in [6.07, 6.45) is 9.93. The summed E-state index contributed by atoms with van der Waals surface area (Å²) < 4.78 is 34.7. The molecule has 6 nitrogen and oxygen atoms in total. The van der Waals surface area contributed by atoms with E-state index in [1.54, 1.807) is 0 Å². The first-order chi connectivity index (χ1) is 42.3. The van der Waals surface area contributed by atoms with Gasteiger partial charge in [0, 0.05) is 16.7 Å². The summed E-state index contributed by atoms with van der Waals surface area (Å²) >= 11 is 0. The van der Waals surface area contributed by atoms with Crippen LogP contribution in [0.5, 0.6) is 34.5 Å². The van der Waals surface area contributed by atoms with Crippen molar-refractivity contribution < 1.29 is 27.1 Å². The van der Waals surface area contributed by atoms with Crippen LogP contribution in [0.1, 0.15) is 295 Å². The molecule has 4 atom stereocenters. The highest BCUT2D eigenvalue weighted by Crippen LogP contribution is 2.44. The van der Waals surface area contributed by atoms with Gasteiger partial charge >= 0.3 is 0 Å². The summed E-state index contributed by atoms with van der Waals surface area (Å²) in [5.41, 5.74) is 13.4. The Kier molecular flexibility index (Phi) is 31.2. The Labute approximate surface area is 566 Å². The molecule has 6 aromatic carbocycles. The molecule has 6 aromatic rings. The van der Waals surface area contributed by atoms with Crippen LogP contribution in [0.15, 0.2) is 127 Å². The Morgan fingerprint density at radius 3 is 0.681 bits per heavy atom. The molecule has 0 amide bonds. The zero-order valence-corrected chi connectivity index (χ0v) is 66.4. The second kappa shape index (κ2) is 35.0. The molecule has 0 bridgehead atoms.